The maximum atomic E-state index is 12.6. The minimum atomic E-state index is 0.105. The van der Waals surface area contributed by atoms with Gasteiger partial charge >= 0.3 is 0 Å². The lowest BCUT2D eigenvalue weighted by molar-refractivity contribution is 0.0651. The average Bonchev–Trinajstić information content (AvgIpc) is 2.58. The van der Waals surface area contributed by atoms with E-state index in [1.54, 1.807) is 0 Å². The molecule has 0 radical (unpaired) electrons. The first-order valence-corrected chi connectivity index (χ1v) is 8.48. The molecule has 2 N–H and O–H groups in total. The number of rotatable bonds is 7. The Morgan fingerprint density at radius 1 is 1.32 bits per heavy atom. The third kappa shape index (κ3) is 4.73. The second-order valence-corrected chi connectivity index (χ2v) is 6.13. The van der Waals surface area contributed by atoms with Crippen LogP contribution in [0.2, 0.25) is 0 Å². The number of benzene rings is 1. The highest BCUT2D eigenvalue weighted by Gasteiger charge is 2.23. The van der Waals surface area contributed by atoms with E-state index in [0.717, 1.165) is 50.1 Å². The minimum absolute atomic E-state index is 0.105. The van der Waals surface area contributed by atoms with Gasteiger partial charge in [-0.1, -0.05) is 25.8 Å². The van der Waals surface area contributed by atoms with Crippen LogP contribution in [0.1, 0.15) is 49.4 Å². The molecule has 1 heterocycles. The zero-order valence-corrected chi connectivity index (χ0v) is 13.6. The Balaban J connectivity index is 1.90. The molecule has 2 rings (SSSR count). The summed E-state index contributed by atoms with van der Waals surface area (Å²) in [5.74, 6) is 0.462. The monoisotopic (exact) mass is 304 g/mol. The molecule has 1 amide bonds. The van der Waals surface area contributed by atoms with Gasteiger partial charge in [0.15, 0.2) is 0 Å². The Labute approximate surface area is 133 Å². The van der Waals surface area contributed by atoms with E-state index in [1.807, 2.05) is 29.2 Å². The maximum Gasteiger partial charge on any atom is 0.253 e. The number of unbranched alkanes of at least 4 members (excludes halogenated alkanes) is 2. The molecule has 0 aliphatic carbocycles. The van der Waals surface area contributed by atoms with Gasteiger partial charge in [-0.2, -0.15) is 0 Å². The van der Waals surface area contributed by atoms with E-state index in [0.29, 0.717) is 5.92 Å². The number of carbonyl (C=O) groups excluding carboxylic acids is 1. The fraction of sp³-hybridized carbons (Fsp3) is 0.611. The van der Waals surface area contributed by atoms with Crippen LogP contribution < -0.4 is 5.32 Å². The van der Waals surface area contributed by atoms with Crippen molar-refractivity contribution < 1.29 is 9.90 Å². The van der Waals surface area contributed by atoms with E-state index in [-0.39, 0.29) is 12.5 Å². The normalized spacial score (nSPS) is 15.8. The SMILES string of the molecule is CCCCCNc1cccc(C(=O)N2CCC(CO)CC2)c1. The zero-order valence-electron chi connectivity index (χ0n) is 13.6. The van der Waals surface area contributed by atoms with E-state index in [2.05, 4.69) is 12.2 Å². The Morgan fingerprint density at radius 2 is 2.09 bits per heavy atom. The van der Waals surface area contributed by atoms with Crippen molar-refractivity contribution in [3.63, 3.8) is 0 Å². The van der Waals surface area contributed by atoms with Crippen molar-refractivity contribution >= 4 is 11.6 Å². The highest BCUT2D eigenvalue weighted by atomic mass is 16.3. The van der Waals surface area contributed by atoms with Gasteiger partial charge in [0.25, 0.3) is 5.91 Å². The Kier molecular flexibility index (Phi) is 6.72. The topological polar surface area (TPSA) is 52.6 Å². The first kappa shape index (κ1) is 16.8. The van der Waals surface area contributed by atoms with Gasteiger partial charge in [-0.05, 0) is 43.4 Å². The van der Waals surface area contributed by atoms with E-state index in [1.165, 1.54) is 12.8 Å². The molecule has 0 bridgehead atoms. The summed E-state index contributed by atoms with van der Waals surface area (Å²) < 4.78 is 0. The molecular weight excluding hydrogens is 276 g/mol. The van der Waals surface area contributed by atoms with Gasteiger partial charge in [0.05, 0.1) is 0 Å². The van der Waals surface area contributed by atoms with E-state index in [4.69, 9.17) is 0 Å². The van der Waals surface area contributed by atoms with Crippen molar-refractivity contribution in [2.24, 2.45) is 5.92 Å². The summed E-state index contributed by atoms with van der Waals surface area (Å²) in [7, 11) is 0. The van der Waals surface area contributed by atoms with E-state index < -0.39 is 0 Å². The smallest absolute Gasteiger partial charge is 0.253 e. The number of aliphatic hydroxyl groups is 1. The molecule has 4 heteroatoms. The molecule has 0 unspecified atom stereocenters. The molecule has 22 heavy (non-hydrogen) atoms. The number of carbonyl (C=O) groups is 1. The lowest BCUT2D eigenvalue weighted by atomic mass is 9.97. The number of amides is 1. The fourth-order valence-electron chi connectivity index (χ4n) is 2.87. The summed E-state index contributed by atoms with van der Waals surface area (Å²) in [4.78, 5) is 14.5. The number of piperidine rings is 1. The summed E-state index contributed by atoms with van der Waals surface area (Å²) >= 11 is 0. The van der Waals surface area contributed by atoms with E-state index >= 15 is 0 Å². The van der Waals surface area contributed by atoms with Gasteiger partial charge in [-0.3, -0.25) is 4.79 Å². The van der Waals surface area contributed by atoms with Crippen molar-refractivity contribution in [1.82, 2.24) is 4.90 Å². The quantitative estimate of drug-likeness (QED) is 0.761. The predicted molar refractivity (Wildman–Crippen MR) is 90.2 cm³/mol. The van der Waals surface area contributed by atoms with Gasteiger partial charge in [0.1, 0.15) is 0 Å². The molecule has 0 spiro atoms. The summed E-state index contributed by atoms with van der Waals surface area (Å²) in [5, 5.41) is 12.6. The molecule has 1 fully saturated rings. The molecular formula is C18H28N2O2. The molecule has 122 valence electrons. The van der Waals surface area contributed by atoms with E-state index in [9.17, 15) is 9.90 Å². The minimum Gasteiger partial charge on any atom is -0.396 e. The van der Waals surface area contributed by atoms with Gasteiger partial charge < -0.3 is 15.3 Å². The van der Waals surface area contributed by atoms with Crippen LogP contribution in [0.3, 0.4) is 0 Å². The van der Waals surface area contributed by atoms with Gasteiger partial charge in [-0.25, -0.2) is 0 Å². The molecule has 0 atom stereocenters. The van der Waals surface area contributed by atoms with Crippen LogP contribution >= 0.6 is 0 Å². The summed E-state index contributed by atoms with van der Waals surface area (Å²) in [6.45, 7) is 4.88. The van der Waals surface area contributed by atoms with Crippen molar-refractivity contribution in [2.75, 3.05) is 31.6 Å². The maximum absolute atomic E-state index is 12.6. The first-order valence-electron chi connectivity index (χ1n) is 8.48. The average molecular weight is 304 g/mol. The van der Waals surface area contributed by atoms with Crippen molar-refractivity contribution in [1.29, 1.82) is 0 Å². The number of nitrogens with one attached hydrogen (secondary N) is 1. The third-order valence-corrected chi connectivity index (χ3v) is 4.38. The summed E-state index contributed by atoms with van der Waals surface area (Å²) in [6.07, 6.45) is 5.40. The number of anilines is 1. The van der Waals surface area contributed by atoms with Crippen LogP contribution in [0.5, 0.6) is 0 Å². The zero-order chi connectivity index (χ0) is 15.8. The third-order valence-electron chi connectivity index (χ3n) is 4.38. The van der Waals surface area contributed by atoms with Crippen LogP contribution in [0.25, 0.3) is 0 Å². The predicted octanol–water partition coefficient (Wildman–Crippen LogP) is 3.13. The molecule has 1 aromatic carbocycles. The van der Waals surface area contributed by atoms with Gasteiger partial charge in [-0.15, -0.1) is 0 Å². The fourth-order valence-corrected chi connectivity index (χ4v) is 2.87. The number of hydrogen-bond acceptors (Lipinski definition) is 3. The van der Waals surface area contributed by atoms with Crippen molar-refractivity contribution in [3.05, 3.63) is 29.8 Å². The summed E-state index contributed by atoms with van der Waals surface area (Å²) in [5.41, 5.74) is 1.77. The number of hydrogen-bond donors (Lipinski definition) is 2. The van der Waals surface area contributed by atoms with Gasteiger partial charge in [0, 0.05) is 37.5 Å². The van der Waals surface area contributed by atoms with Crippen molar-refractivity contribution in [3.8, 4) is 0 Å². The molecule has 0 aromatic heterocycles. The van der Waals surface area contributed by atoms with Crippen molar-refractivity contribution in [2.45, 2.75) is 39.0 Å². The number of aliphatic hydroxyl groups excluding tert-OH is 1. The van der Waals surface area contributed by atoms with Crippen LogP contribution in [-0.4, -0.2) is 42.2 Å². The summed E-state index contributed by atoms with van der Waals surface area (Å²) in [6, 6.07) is 7.79. The second-order valence-electron chi connectivity index (χ2n) is 6.13. The highest BCUT2D eigenvalue weighted by molar-refractivity contribution is 5.95. The largest absolute Gasteiger partial charge is 0.396 e. The number of nitrogens with zero attached hydrogens (tertiary/aromatic N) is 1. The molecule has 1 aliphatic rings. The van der Waals surface area contributed by atoms with Gasteiger partial charge in [0.2, 0.25) is 0 Å². The Morgan fingerprint density at radius 3 is 2.77 bits per heavy atom. The molecule has 1 aromatic rings. The lowest BCUT2D eigenvalue weighted by Crippen LogP contribution is -2.39. The second kappa shape index (κ2) is 8.79. The molecule has 1 aliphatic heterocycles. The van der Waals surface area contributed by atoms with Crippen LogP contribution in [0.4, 0.5) is 5.69 Å². The standard InChI is InChI=1S/C18H28N2O2/c1-2-3-4-10-19-17-7-5-6-16(13-17)18(22)20-11-8-15(14-21)9-12-20/h5-7,13,15,19,21H,2-4,8-12,14H2,1H3. The molecule has 0 saturated carbocycles. The molecule has 4 nitrogen and oxygen atoms in total. The first-order chi connectivity index (χ1) is 10.7. The Bertz CT molecular complexity index is 468. The lowest BCUT2D eigenvalue weighted by Gasteiger charge is -2.31. The van der Waals surface area contributed by atoms with Crippen LogP contribution in [0, 0.1) is 5.92 Å². The Hall–Kier alpha value is -1.55. The molecule has 1 saturated heterocycles. The number of likely N-dealkylation sites (tertiary alicyclic amines) is 1. The highest BCUT2D eigenvalue weighted by Crippen LogP contribution is 2.20. The van der Waals surface area contributed by atoms with Crippen LogP contribution in [-0.2, 0) is 0 Å². The van der Waals surface area contributed by atoms with Crippen LogP contribution in [0.15, 0.2) is 24.3 Å².